The highest BCUT2D eigenvalue weighted by molar-refractivity contribution is 7.10. The zero-order valence-corrected chi connectivity index (χ0v) is 12.0. The van der Waals surface area contributed by atoms with Crippen molar-refractivity contribution in [3.8, 4) is 0 Å². The van der Waals surface area contributed by atoms with Gasteiger partial charge in [0.1, 0.15) is 0 Å². The van der Waals surface area contributed by atoms with E-state index in [1.807, 2.05) is 29.0 Å². The standard InChI is InChI=1S/C13H16N2O2S2/c16-13(15(17)10-12-6-3-9-19-12)14-7-1-4-11-5-2-8-18-11/h2-3,5-6,8-9,17H,1,4,7,10H2,(H,14,16). The zero-order valence-electron chi connectivity index (χ0n) is 10.4. The van der Waals surface area contributed by atoms with Gasteiger partial charge in [-0.1, -0.05) is 12.1 Å². The number of hydroxylamine groups is 2. The molecule has 2 aromatic rings. The molecule has 2 amide bonds. The number of carbonyl (C=O) groups is 1. The van der Waals surface area contributed by atoms with Crippen molar-refractivity contribution < 1.29 is 10.0 Å². The highest BCUT2D eigenvalue weighted by Gasteiger charge is 2.10. The molecule has 0 saturated heterocycles. The molecule has 0 saturated carbocycles. The van der Waals surface area contributed by atoms with Gasteiger partial charge in [0.15, 0.2) is 0 Å². The molecule has 0 aromatic carbocycles. The van der Waals surface area contributed by atoms with Crippen molar-refractivity contribution in [1.29, 1.82) is 0 Å². The second kappa shape index (κ2) is 7.28. The van der Waals surface area contributed by atoms with Crippen LogP contribution in [0.1, 0.15) is 16.2 Å². The maximum Gasteiger partial charge on any atom is 0.341 e. The average Bonchev–Trinajstić information content (AvgIpc) is 3.07. The average molecular weight is 296 g/mol. The van der Waals surface area contributed by atoms with E-state index in [2.05, 4.69) is 11.4 Å². The third kappa shape index (κ3) is 4.66. The lowest BCUT2D eigenvalue weighted by molar-refractivity contribution is -0.0500. The zero-order chi connectivity index (χ0) is 13.5. The van der Waals surface area contributed by atoms with Crippen molar-refractivity contribution in [2.24, 2.45) is 0 Å². The first-order valence-electron chi connectivity index (χ1n) is 6.04. The van der Waals surface area contributed by atoms with Crippen LogP contribution in [-0.2, 0) is 13.0 Å². The number of hydrogen-bond donors (Lipinski definition) is 2. The summed E-state index contributed by atoms with van der Waals surface area (Å²) in [5.74, 6) is 0. The molecule has 19 heavy (non-hydrogen) atoms. The van der Waals surface area contributed by atoms with Crippen LogP contribution < -0.4 is 5.32 Å². The number of thiophene rings is 2. The molecule has 0 spiro atoms. The van der Waals surface area contributed by atoms with E-state index < -0.39 is 6.03 Å². The van der Waals surface area contributed by atoms with Crippen molar-refractivity contribution in [3.05, 3.63) is 44.8 Å². The fourth-order valence-electron chi connectivity index (χ4n) is 1.63. The van der Waals surface area contributed by atoms with Crippen molar-refractivity contribution >= 4 is 28.7 Å². The second-order valence-electron chi connectivity index (χ2n) is 4.05. The monoisotopic (exact) mass is 296 g/mol. The van der Waals surface area contributed by atoms with E-state index in [0.717, 1.165) is 22.8 Å². The fraction of sp³-hybridized carbons (Fsp3) is 0.308. The van der Waals surface area contributed by atoms with Crippen LogP contribution in [0.5, 0.6) is 0 Å². The largest absolute Gasteiger partial charge is 0.341 e. The quantitative estimate of drug-likeness (QED) is 0.488. The highest BCUT2D eigenvalue weighted by Crippen LogP contribution is 2.11. The maximum atomic E-state index is 11.6. The molecule has 2 aromatic heterocycles. The van der Waals surface area contributed by atoms with Crippen molar-refractivity contribution in [1.82, 2.24) is 10.4 Å². The lowest BCUT2D eigenvalue weighted by atomic mass is 10.2. The van der Waals surface area contributed by atoms with Gasteiger partial charge in [0.2, 0.25) is 0 Å². The van der Waals surface area contributed by atoms with Gasteiger partial charge in [0.25, 0.3) is 0 Å². The Kier molecular flexibility index (Phi) is 5.38. The summed E-state index contributed by atoms with van der Waals surface area (Å²) in [6, 6.07) is 7.45. The van der Waals surface area contributed by atoms with Gasteiger partial charge in [-0.25, -0.2) is 9.86 Å². The smallest absolute Gasteiger partial charge is 0.336 e. The molecule has 0 radical (unpaired) electrons. The topological polar surface area (TPSA) is 52.6 Å². The Morgan fingerprint density at radius 1 is 1.21 bits per heavy atom. The van der Waals surface area contributed by atoms with Gasteiger partial charge in [-0.05, 0) is 35.7 Å². The molecule has 0 unspecified atom stereocenters. The number of nitrogens with zero attached hydrogens (tertiary/aromatic N) is 1. The molecule has 0 bridgehead atoms. The molecule has 4 nitrogen and oxygen atoms in total. The Labute approximate surface area is 120 Å². The summed E-state index contributed by atoms with van der Waals surface area (Å²) in [6.45, 7) is 0.798. The van der Waals surface area contributed by atoms with Gasteiger partial charge in [0, 0.05) is 16.3 Å². The number of rotatable bonds is 6. The number of carbonyl (C=O) groups excluding carboxylic acids is 1. The van der Waals surface area contributed by atoms with E-state index in [0.29, 0.717) is 6.54 Å². The van der Waals surface area contributed by atoms with Crippen LogP contribution in [0.15, 0.2) is 35.0 Å². The van der Waals surface area contributed by atoms with Crippen LogP contribution in [0.2, 0.25) is 0 Å². The molecular weight excluding hydrogens is 280 g/mol. The number of aryl methyl sites for hydroxylation is 1. The minimum Gasteiger partial charge on any atom is -0.336 e. The predicted molar refractivity (Wildman–Crippen MR) is 77.7 cm³/mol. The number of amides is 2. The summed E-state index contributed by atoms with van der Waals surface area (Å²) in [5.41, 5.74) is 0. The third-order valence-corrected chi connectivity index (χ3v) is 4.37. The molecular formula is C13H16N2O2S2. The predicted octanol–water partition coefficient (Wildman–Crippen LogP) is 3.34. The first kappa shape index (κ1) is 14.0. The fourth-order valence-corrected chi connectivity index (χ4v) is 3.06. The van der Waals surface area contributed by atoms with E-state index in [9.17, 15) is 10.0 Å². The molecule has 6 heteroatoms. The van der Waals surface area contributed by atoms with Gasteiger partial charge in [-0.2, -0.15) is 0 Å². The summed E-state index contributed by atoms with van der Waals surface area (Å²) in [6.07, 6.45) is 1.83. The highest BCUT2D eigenvalue weighted by atomic mass is 32.1. The molecule has 0 atom stereocenters. The van der Waals surface area contributed by atoms with Gasteiger partial charge in [0.05, 0.1) is 6.54 Å². The Balaban J connectivity index is 1.63. The van der Waals surface area contributed by atoms with E-state index in [-0.39, 0.29) is 6.54 Å². The van der Waals surface area contributed by atoms with Crippen LogP contribution in [0.4, 0.5) is 4.79 Å². The van der Waals surface area contributed by atoms with Crippen molar-refractivity contribution in [3.63, 3.8) is 0 Å². The number of nitrogens with one attached hydrogen (secondary N) is 1. The van der Waals surface area contributed by atoms with Crippen LogP contribution >= 0.6 is 22.7 Å². The van der Waals surface area contributed by atoms with E-state index >= 15 is 0 Å². The molecule has 0 aliphatic heterocycles. The molecule has 0 aliphatic carbocycles. The normalized spacial score (nSPS) is 10.4. The van der Waals surface area contributed by atoms with E-state index in [4.69, 9.17) is 0 Å². The number of urea groups is 1. The van der Waals surface area contributed by atoms with Crippen molar-refractivity contribution in [2.45, 2.75) is 19.4 Å². The first-order chi connectivity index (χ1) is 9.25. The lowest BCUT2D eigenvalue weighted by Crippen LogP contribution is -2.37. The Bertz CT molecular complexity index is 483. The minimum absolute atomic E-state index is 0.231. The van der Waals surface area contributed by atoms with Crippen LogP contribution in [0.25, 0.3) is 0 Å². The maximum absolute atomic E-state index is 11.6. The summed E-state index contributed by atoms with van der Waals surface area (Å²) in [4.78, 5) is 13.9. The Morgan fingerprint density at radius 2 is 1.89 bits per heavy atom. The molecule has 102 valence electrons. The summed E-state index contributed by atoms with van der Waals surface area (Å²) in [5, 5.41) is 17.0. The Morgan fingerprint density at radius 3 is 2.53 bits per heavy atom. The van der Waals surface area contributed by atoms with Gasteiger partial charge < -0.3 is 5.32 Å². The minimum atomic E-state index is -0.445. The van der Waals surface area contributed by atoms with Crippen molar-refractivity contribution in [2.75, 3.05) is 6.54 Å². The van der Waals surface area contributed by atoms with E-state index in [1.165, 1.54) is 16.2 Å². The number of hydrogen-bond acceptors (Lipinski definition) is 4. The second-order valence-corrected chi connectivity index (χ2v) is 6.12. The van der Waals surface area contributed by atoms with Gasteiger partial charge in [-0.3, -0.25) is 5.21 Å². The van der Waals surface area contributed by atoms with Crippen LogP contribution in [0, 0.1) is 0 Å². The SMILES string of the molecule is O=C(NCCCc1cccs1)N(O)Cc1cccs1. The third-order valence-electron chi connectivity index (χ3n) is 2.58. The molecule has 2 N–H and O–H groups in total. The summed E-state index contributed by atoms with van der Waals surface area (Å²) < 4.78 is 0. The van der Waals surface area contributed by atoms with E-state index in [1.54, 1.807) is 11.3 Å². The first-order valence-corrected chi connectivity index (χ1v) is 7.80. The van der Waals surface area contributed by atoms with Crippen LogP contribution in [-0.4, -0.2) is 22.8 Å². The summed E-state index contributed by atoms with van der Waals surface area (Å²) >= 11 is 3.23. The molecule has 2 heterocycles. The molecule has 0 fully saturated rings. The van der Waals surface area contributed by atoms with Crippen LogP contribution in [0.3, 0.4) is 0 Å². The molecule has 0 aliphatic rings. The van der Waals surface area contributed by atoms with Gasteiger partial charge >= 0.3 is 6.03 Å². The lowest BCUT2D eigenvalue weighted by Gasteiger charge is -2.14. The van der Waals surface area contributed by atoms with Gasteiger partial charge in [-0.15, -0.1) is 22.7 Å². The summed E-state index contributed by atoms with van der Waals surface area (Å²) in [7, 11) is 0. The Hall–Kier alpha value is -1.37. The molecule has 2 rings (SSSR count).